The van der Waals surface area contributed by atoms with Crippen LogP contribution in [0.1, 0.15) is 26.2 Å². The van der Waals surface area contributed by atoms with Crippen molar-refractivity contribution in [3.8, 4) is 0 Å². The average Bonchev–Trinajstić information content (AvgIpc) is 2.49. The number of anilines is 2. The van der Waals surface area contributed by atoms with Gasteiger partial charge >= 0.3 is 0 Å². The van der Waals surface area contributed by atoms with Crippen LogP contribution >= 0.6 is 15.9 Å². The molecule has 2 rings (SSSR count). The van der Waals surface area contributed by atoms with E-state index in [0.29, 0.717) is 19.0 Å². The first-order chi connectivity index (χ1) is 9.71. The van der Waals surface area contributed by atoms with Crippen molar-refractivity contribution in [1.29, 1.82) is 0 Å². The first-order valence-corrected chi connectivity index (χ1v) is 7.71. The van der Waals surface area contributed by atoms with Gasteiger partial charge in [-0.3, -0.25) is 0 Å². The summed E-state index contributed by atoms with van der Waals surface area (Å²) in [5, 5.41) is 16.3. The van der Waals surface area contributed by atoms with E-state index < -0.39 is 0 Å². The topological polar surface area (TPSA) is 79.3 Å². The summed E-state index contributed by atoms with van der Waals surface area (Å²) in [7, 11) is 0. The number of hydrogen-bond acceptors (Lipinski definition) is 6. The highest BCUT2D eigenvalue weighted by Gasteiger charge is 2.33. The summed E-state index contributed by atoms with van der Waals surface area (Å²) in [6, 6.07) is 0. The number of halogens is 1. The number of aliphatic hydroxyl groups excluding tert-OH is 1. The third kappa shape index (κ3) is 3.59. The lowest BCUT2D eigenvalue weighted by Gasteiger charge is -2.37. The van der Waals surface area contributed by atoms with Crippen LogP contribution < -0.4 is 10.6 Å². The van der Waals surface area contributed by atoms with E-state index in [9.17, 15) is 5.11 Å². The second-order valence-corrected chi connectivity index (χ2v) is 5.78. The summed E-state index contributed by atoms with van der Waals surface area (Å²) in [6.45, 7) is 4.32. The van der Waals surface area contributed by atoms with E-state index in [1.54, 1.807) is 0 Å². The molecular formula is C13H21BrN4O2. The number of nitrogens with one attached hydrogen (secondary N) is 2. The van der Waals surface area contributed by atoms with Gasteiger partial charge in [-0.1, -0.05) is 6.92 Å². The van der Waals surface area contributed by atoms with Gasteiger partial charge in [-0.05, 0) is 35.2 Å². The second-order valence-electron chi connectivity index (χ2n) is 4.99. The molecule has 20 heavy (non-hydrogen) atoms. The first kappa shape index (κ1) is 15.5. The molecule has 0 spiro atoms. The predicted molar refractivity (Wildman–Crippen MR) is 82.0 cm³/mol. The zero-order valence-electron chi connectivity index (χ0n) is 11.7. The smallest absolute Gasteiger partial charge is 0.146 e. The van der Waals surface area contributed by atoms with Crippen LogP contribution in [0.25, 0.3) is 0 Å². The Hall–Kier alpha value is -0.920. The molecule has 1 fully saturated rings. The van der Waals surface area contributed by atoms with Gasteiger partial charge < -0.3 is 20.5 Å². The molecule has 0 radical (unpaired) electrons. The molecule has 2 heterocycles. The maximum atomic E-state index is 9.71. The van der Waals surface area contributed by atoms with Gasteiger partial charge in [0, 0.05) is 19.8 Å². The molecule has 7 heteroatoms. The largest absolute Gasteiger partial charge is 0.394 e. The number of rotatable bonds is 6. The molecule has 1 aliphatic heterocycles. The van der Waals surface area contributed by atoms with Crippen molar-refractivity contribution in [2.24, 2.45) is 0 Å². The van der Waals surface area contributed by atoms with E-state index in [1.165, 1.54) is 6.33 Å². The Morgan fingerprint density at radius 1 is 1.35 bits per heavy atom. The summed E-state index contributed by atoms with van der Waals surface area (Å²) in [5.74, 6) is 1.47. The van der Waals surface area contributed by atoms with Gasteiger partial charge in [-0.25, -0.2) is 9.97 Å². The summed E-state index contributed by atoms with van der Waals surface area (Å²) < 4.78 is 6.16. The minimum Gasteiger partial charge on any atom is -0.394 e. The monoisotopic (exact) mass is 344 g/mol. The maximum absolute atomic E-state index is 9.71. The fourth-order valence-corrected chi connectivity index (χ4v) is 2.60. The highest BCUT2D eigenvalue weighted by molar-refractivity contribution is 9.10. The number of nitrogens with zero attached hydrogens (tertiary/aromatic N) is 2. The van der Waals surface area contributed by atoms with Crippen molar-refractivity contribution in [3.05, 3.63) is 10.8 Å². The number of ether oxygens (including phenoxy) is 1. The third-order valence-corrected chi connectivity index (χ3v) is 4.22. The molecule has 1 aromatic rings. The maximum Gasteiger partial charge on any atom is 0.146 e. The molecule has 1 aromatic heterocycles. The van der Waals surface area contributed by atoms with Gasteiger partial charge in [0.05, 0.1) is 12.1 Å². The predicted octanol–water partition coefficient (Wildman–Crippen LogP) is 2.01. The second kappa shape index (κ2) is 7.19. The zero-order chi connectivity index (χ0) is 14.4. The molecule has 0 amide bonds. The summed E-state index contributed by atoms with van der Waals surface area (Å²) in [5.41, 5.74) is -0.364. The van der Waals surface area contributed by atoms with E-state index in [1.807, 2.05) is 0 Å². The number of hydrogen-bond donors (Lipinski definition) is 3. The van der Waals surface area contributed by atoms with E-state index in [0.717, 1.165) is 36.1 Å². The van der Waals surface area contributed by atoms with Crippen molar-refractivity contribution in [1.82, 2.24) is 9.97 Å². The van der Waals surface area contributed by atoms with Crippen molar-refractivity contribution in [2.45, 2.75) is 31.7 Å². The van der Waals surface area contributed by atoms with Crippen molar-refractivity contribution in [3.63, 3.8) is 0 Å². The van der Waals surface area contributed by atoms with Gasteiger partial charge in [-0.15, -0.1) is 0 Å². The van der Waals surface area contributed by atoms with E-state index in [-0.39, 0.29) is 12.1 Å². The average molecular weight is 345 g/mol. The SMILES string of the molecule is CCCNc1ncnc(NC2(CO)CCOCC2)c1Br. The zero-order valence-corrected chi connectivity index (χ0v) is 13.2. The first-order valence-electron chi connectivity index (χ1n) is 6.92. The van der Waals surface area contributed by atoms with Gasteiger partial charge in [0.2, 0.25) is 0 Å². The molecule has 3 N–H and O–H groups in total. The van der Waals surface area contributed by atoms with Gasteiger partial charge in [0.25, 0.3) is 0 Å². The Morgan fingerprint density at radius 2 is 2.05 bits per heavy atom. The number of aliphatic hydroxyl groups is 1. The Labute approximate surface area is 127 Å². The molecular weight excluding hydrogens is 324 g/mol. The summed E-state index contributed by atoms with van der Waals surface area (Å²) in [6.07, 6.45) is 4.07. The van der Waals surface area contributed by atoms with Crippen LogP contribution in [-0.4, -0.2) is 47.0 Å². The molecule has 0 aliphatic carbocycles. The van der Waals surface area contributed by atoms with Crippen molar-refractivity contribution >= 4 is 27.6 Å². The Balaban J connectivity index is 2.15. The fraction of sp³-hybridized carbons (Fsp3) is 0.692. The third-order valence-electron chi connectivity index (χ3n) is 3.47. The molecule has 0 aromatic carbocycles. The summed E-state index contributed by atoms with van der Waals surface area (Å²) in [4.78, 5) is 8.49. The normalized spacial score (nSPS) is 17.8. The molecule has 6 nitrogen and oxygen atoms in total. The van der Waals surface area contributed by atoms with Crippen LogP contribution in [-0.2, 0) is 4.74 Å². The van der Waals surface area contributed by atoms with E-state index >= 15 is 0 Å². The molecule has 0 bridgehead atoms. The number of aromatic nitrogens is 2. The van der Waals surface area contributed by atoms with Crippen LogP contribution in [0.15, 0.2) is 10.8 Å². The molecule has 112 valence electrons. The summed E-state index contributed by atoms with van der Waals surface area (Å²) >= 11 is 3.53. The minimum atomic E-state index is -0.364. The van der Waals surface area contributed by atoms with Crippen LogP contribution in [0.5, 0.6) is 0 Å². The lowest BCUT2D eigenvalue weighted by atomic mass is 9.91. The van der Waals surface area contributed by atoms with Gasteiger partial charge in [-0.2, -0.15) is 0 Å². The van der Waals surface area contributed by atoms with Crippen LogP contribution in [0.2, 0.25) is 0 Å². The molecule has 1 saturated heterocycles. The van der Waals surface area contributed by atoms with Crippen molar-refractivity contribution in [2.75, 3.05) is 37.0 Å². The Morgan fingerprint density at radius 3 is 2.70 bits per heavy atom. The Bertz CT molecular complexity index is 438. The van der Waals surface area contributed by atoms with Crippen LogP contribution in [0.3, 0.4) is 0 Å². The van der Waals surface area contributed by atoms with Crippen LogP contribution in [0.4, 0.5) is 11.6 Å². The minimum absolute atomic E-state index is 0.0600. The Kier molecular flexibility index (Phi) is 5.56. The molecule has 0 saturated carbocycles. The van der Waals surface area contributed by atoms with Crippen molar-refractivity contribution < 1.29 is 9.84 Å². The van der Waals surface area contributed by atoms with E-state index in [2.05, 4.69) is 43.5 Å². The highest BCUT2D eigenvalue weighted by atomic mass is 79.9. The fourth-order valence-electron chi connectivity index (χ4n) is 2.16. The van der Waals surface area contributed by atoms with Gasteiger partial charge in [0.1, 0.15) is 22.4 Å². The quantitative estimate of drug-likeness (QED) is 0.732. The standard InChI is InChI=1S/C13H21BrN4O2/c1-2-5-15-11-10(14)12(17-9-16-11)18-13(8-19)3-6-20-7-4-13/h9,19H,2-8H2,1H3,(H2,15,16,17,18). The lowest BCUT2D eigenvalue weighted by Crippen LogP contribution is -2.47. The molecule has 1 aliphatic rings. The molecule has 0 unspecified atom stereocenters. The van der Waals surface area contributed by atoms with Crippen LogP contribution in [0, 0.1) is 0 Å². The molecule has 0 atom stereocenters. The van der Waals surface area contributed by atoms with E-state index in [4.69, 9.17) is 4.74 Å². The lowest BCUT2D eigenvalue weighted by molar-refractivity contribution is 0.0378. The van der Waals surface area contributed by atoms with Gasteiger partial charge in [0.15, 0.2) is 0 Å². The highest BCUT2D eigenvalue weighted by Crippen LogP contribution is 2.31.